The van der Waals surface area contributed by atoms with Gasteiger partial charge in [0.25, 0.3) is 5.56 Å². The molecule has 1 fully saturated rings. The third-order valence-corrected chi connectivity index (χ3v) is 2.77. The van der Waals surface area contributed by atoms with Gasteiger partial charge in [0.2, 0.25) is 0 Å². The molecule has 0 bridgehead atoms. The van der Waals surface area contributed by atoms with Gasteiger partial charge in [0.05, 0.1) is 0 Å². The van der Waals surface area contributed by atoms with Crippen molar-refractivity contribution >= 4 is 5.78 Å². The predicted molar refractivity (Wildman–Crippen MR) is 53.9 cm³/mol. The van der Waals surface area contributed by atoms with Crippen molar-refractivity contribution in [1.82, 2.24) is 9.97 Å². The maximum atomic E-state index is 11.5. The molecule has 1 saturated carbocycles. The fourth-order valence-corrected chi connectivity index (χ4v) is 2.01. The first-order valence-corrected chi connectivity index (χ1v) is 5.00. The summed E-state index contributed by atoms with van der Waals surface area (Å²) in [6.07, 6.45) is 4.10. The van der Waals surface area contributed by atoms with E-state index in [1.165, 1.54) is 6.20 Å². The van der Waals surface area contributed by atoms with E-state index < -0.39 is 5.69 Å². The Morgan fingerprint density at radius 2 is 2.07 bits per heavy atom. The van der Waals surface area contributed by atoms with E-state index in [1.807, 2.05) is 0 Å². The van der Waals surface area contributed by atoms with Crippen LogP contribution in [0.3, 0.4) is 0 Å². The van der Waals surface area contributed by atoms with Gasteiger partial charge in [-0.3, -0.25) is 14.6 Å². The van der Waals surface area contributed by atoms with E-state index in [2.05, 4.69) is 9.97 Å². The fourth-order valence-electron chi connectivity index (χ4n) is 2.01. The summed E-state index contributed by atoms with van der Waals surface area (Å²) in [6.45, 7) is 0. The number of aromatic nitrogens is 2. The molecular formula is C10H12N2O3. The van der Waals surface area contributed by atoms with Gasteiger partial charge < -0.3 is 4.98 Å². The average molecular weight is 208 g/mol. The summed E-state index contributed by atoms with van der Waals surface area (Å²) in [5.74, 6) is 0.156. The van der Waals surface area contributed by atoms with Gasteiger partial charge in [0.1, 0.15) is 5.78 Å². The van der Waals surface area contributed by atoms with Gasteiger partial charge >= 0.3 is 5.69 Å². The van der Waals surface area contributed by atoms with E-state index in [0.717, 1.165) is 12.8 Å². The Kier molecular flexibility index (Phi) is 2.53. The summed E-state index contributed by atoms with van der Waals surface area (Å²) in [7, 11) is 0. The maximum Gasteiger partial charge on any atom is 0.325 e. The lowest BCUT2D eigenvalue weighted by Gasteiger charge is -2.19. The highest BCUT2D eigenvalue weighted by Gasteiger charge is 2.23. The molecule has 1 heterocycles. The topological polar surface area (TPSA) is 82.8 Å². The second-order valence-electron chi connectivity index (χ2n) is 3.86. The summed E-state index contributed by atoms with van der Waals surface area (Å²) < 4.78 is 0. The molecule has 5 nitrogen and oxygen atoms in total. The lowest BCUT2D eigenvalue weighted by Crippen LogP contribution is -2.28. The maximum absolute atomic E-state index is 11.5. The Morgan fingerprint density at radius 1 is 1.27 bits per heavy atom. The number of H-pyrrole nitrogens is 2. The van der Waals surface area contributed by atoms with Crippen LogP contribution in [0.4, 0.5) is 0 Å². The number of ketones is 1. The van der Waals surface area contributed by atoms with Crippen molar-refractivity contribution in [3.05, 3.63) is 32.6 Å². The van der Waals surface area contributed by atoms with E-state index >= 15 is 0 Å². The molecule has 1 atom stereocenters. The average Bonchev–Trinajstić information content (AvgIpc) is 2.17. The number of rotatable bonds is 1. The van der Waals surface area contributed by atoms with Gasteiger partial charge in [-0.05, 0) is 18.8 Å². The van der Waals surface area contributed by atoms with Crippen molar-refractivity contribution in [3.8, 4) is 0 Å². The summed E-state index contributed by atoms with van der Waals surface area (Å²) in [4.78, 5) is 38.1. The second-order valence-corrected chi connectivity index (χ2v) is 3.86. The summed E-state index contributed by atoms with van der Waals surface area (Å²) in [6, 6.07) is 0. The smallest absolute Gasteiger partial charge is 0.314 e. The van der Waals surface area contributed by atoms with Gasteiger partial charge in [-0.2, -0.15) is 0 Å². The van der Waals surface area contributed by atoms with E-state index in [0.29, 0.717) is 18.4 Å². The summed E-state index contributed by atoms with van der Waals surface area (Å²) >= 11 is 0. The first-order chi connectivity index (χ1) is 7.16. The summed E-state index contributed by atoms with van der Waals surface area (Å²) in [5, 5.41) is 0. The van der Waals surface area contributed by atoms with E-state index in [1.54, 1.807) is 0 Å². The Labute approximate surface area is 85.5 Å². The van der Waals surface area contributed by atoms with Gasteiger partial charge in [-0.15, -0.1) is 0 Å². The van der Waals surface area contributed by atoms with Crippen LogP contribution in [0.25, 0.3) is 0 Å². The van der Waals surface area contributed by atoms with Crippen molar-refractivity contribution in [2.75, 3.05) is 0 Å². The lowest BCUT2D eigenvalue weighted by molar-refractivity contribution is -0.120. The van der Waals surface area contributed by atoms with E-state index in [4.69, 9.17) is 0 Å². The van der Waals surface area contributed by atoms with E-state index in [9.17, 15) is 14.4 Å². The quantitative estimate of drug-likeness (QED) is 0.695. The Bertz CT molecular complexity index is 486. The van der Waals surface area contributed by atoms with Crippen LogP contribution in [0.15, 0.2) is 15.8 Å². The molecule has 0 radical (unpaired) electrons. The molecule has 2 rings (SSSR count). The second kappa shape index (κ2) is 3.84. The highest BCUT2D eigenvalue weighted by Crippen LogP contribution is 2.28. The largest absolute Gasteiger partial charge is 0.325 e. The number of hydrogen-bond donors (Lipinski definition) is 2. The molecule has 1 aliphatic rings. The van der Waals surface area contributed by atoms with Crippen LogP contribution < -0.4 is 11.2 Å². The molecule has 0 aliphatic heterocycles. The minimum Gasteiger partial charge on any atom is -0.314 e. The van der Waals surface area contributed by atoms with Crippen molar-refractivity contribution in [3.63, 3.8) is 0 Å². The van der Waals surface area contributed by atoms with Crippen LogP contribution in [-0.4, -0.2) is 15.8 Å². The fraction of sp³-hybridized carbons (Fsp3) is 0.500. The normalized spacial score (nSPS) is 21.6. The Hall–Kier alpha value is -1.65. The molecule has 0 amide bonds. The van der Waals surface area contributed by atoms with Crippen molar-refractivity contribution in [1.29, 1.82) is 0 Å². The first kappa shape index (κ1) is 9.89. The van der Waals surface area contributed by atoms with Gasteiger partial charge in [-0.25, -0.2) is 4.79 Å². The molecule has 1 aromatic rings. The van der Waals surface area contributed by atoms with Crippen molar-refractivity contribution < 1.29 is 4.79 Å². The third kappa shape index (κ3) is 2.06. The molecule has 80 valence electrons. The zero-order chi connectivity index (χ0) is 10.8. The van der Waals surface area contributed by atoms with Crippen LogP contribution in [0, 0.1) is 0 Å². The first-order valence-electron chi connectivity index (χ1n) is 5.00. The number of Topliss-reactive ketones (excluding diaryl/α,β-unsaturated/α-hetero) is 1. The van der Waals surface area contributed by atoms with Crippen LogP contribution in [0.5, 0.6) is 0 Å². The van der Waals surface area contributed by atoms with Gasteiger partial charge in [0, 0.05) is 24.6 Å². The van der Waals surface area contributed by atoms with Crippen molar-refractivity contribution in [2.45, 2.75) is 31.6 Å². The molecule has 0 aromatic carbocycles. The van der Waals surface area contributed by atoms with Crippen LogP contribution in [-0.2, 0) is 4.79 Å². The van der Waals surface area contributed by atoms with Gasteiger partial charge in [0.15, 0.2) is 0 Å². The molecule has 1 aliphatic carbocycles. The summed E-state index contributed by atoms with van der Waals surface area (Å²) in [5.41, 5.74) is -0.369. The zero-order valence-corrected chi connectivity index (χ0v) is 8.21. The van der Waals surface area contributed by atoms with Gasteiger partial charge in [-0.1, -0.05) is 0 Å². The number of aromatic amines is 2. The standard InChI is InChI=1S/C10H12N2O3/c13-7-3-1-2-6(4-7)8-5-11-10(15)12-9(8)14/h5-6H,1-4H2,(H2,11,12,14,15)/t6-/m0/s1. The lowest BCUT2D eigenvalue weighted by atomic mass is 9.84. The van der Waals surface area contributed by atoms with Crippen molar-refractivity contribution in [2.24, 2.45) is 0 Å². The molecule has 2 N–H and O–H groups in total. The molecule has 0 saturated heterocycles. The number of nitrogens with one attached hydrogen (secondary N) is 2. The minimum absolute atomic E-state index is 0.0353. The monoisotopic (exact) mass is 208 g/mol. The highest BCUT2D eigenvalue weighted by atomic mass is 16.2. The molecule has 0 spiro atoms. The minimum atomic E-state index is -0.508. The third-order valence-electron chi connectivity index (χ3n) is 2.77. The number of carbonyl (C=O) groups excluding carboxylic acids is 1. The number of carbonyl (C=O) groups is 1. The highest BCUT2D eigenvalue weighted by molar-refractivity contribution is 5.80. The van der Waals surface area contributed by atoms with Crippen LogP contribution in [0.2, 0.25) is 0 Å². The SMILES string of the molecule is O=C1CCC[C@H](c2c[nH]c(=O)[nH]c2=O)C1. The zero-order valence-electron chi connectivity index (χ0n) is 8.21. The predicted octanol–water partition coefficient (Wildman–Crippen LogP) is 0.290. The Morgan fingerprint density at radius 3 is 2.73 bits per heavy atom. The molecule has 5 heteroatoms. The van der Waals surface area contributed by atoms with E-state index in [-0.39, 0.29) is 17.3 Å². The Balaban J connectivity index is 2.33. The van der Waals surface area contributed by atoms with Crippen LogP contribution >= 0.6 is 0 Å². The van der Waals surface area contributed by atoms with Crippen LogP contribution in [0.1, 0.15) is 37.2 Å². The molecule has 1 aromatic heterocycles. The number of hydrogen-bond acceptors (Lipinski definition) is 3. The molecule has 15 heavy (non-hydrogen) atoms. The molecule has 0 unspecified atom stereocenters. The molecular weight excluding hydrogens is 196 g/mol.